The summed E-state index contributed by atoms with van der Waals surface area (Å²) in [5.41, 5.74) is 1.26. The number of carbonyl (C=O) groups excluding carboxylic acids is 1. The third-order valence-electron chi connectivity index (χ3n) is 4.53. The highest BCUT2D eigenvalue weighted by molar-refractivity contribution is 7.86. The second-order valence-electron chi connectivity index (χ2n) is 6.82. The predicted octanol–water partition coefficient (Wildman–Crippen LogP) is 3.87. The molecule has 0 bridgehead atoms. The van der Waals surface area contributed by atoms with E-state index in [-0.39, 0.29) is 24.4 Å². The van der Waals surface area contributed by atoms with Crippen LogP contribution < -0.4 is 19.0 Å². The molecule has 1 unspecified atom stereocenters. The van der Waals surface area contributed by atoms with E-state index in [1.807, 2.05) is 19.9 Å². The molecule has 8 nitrogen and oxygen atoms in total. The molecule has 2 rings (SSSR count). The molecule has 0 heterocycles. The number of nitrogens with zero attached hydrogens (tertiary/aromatic N) is 1. The Morgan fingerprint density at radius 1 is 1.10 bits per heavy atom. The lowest BCUT2D eigenvalue weighted by molar-refractivity contribution is 0.187. The smallest absolute Gasteiger partial charge is 0.322 e. The molecule has 0 aliphatic heterocycles. The molecular weight excluding hydrogens is 408 g/mol. The summed E-state index contributed by atoms with van der Waals surface area (Å²) < 4.78 is 38.3. The molecule has 164 valence electrons. The molecule has 0 saturated heterocycles. The van der Waals surface area contributed by atoms with E-state index in [9.17, 15) is 13.2 Å². The van der Waals surface area contributed by atoms with Gasteiger partial charge in [-0.25, -0.2) is 4.79 Å². The zero-order valence-electron chi connectivity index (χ0n) is 17.8. The Morgan fingerprint density at radius 2 is 1.83 bits per heavy atom. The lowest BCUT2D eigenvalue weighted by Crippen LogP contribution is -2.40. The molecule has 0 saturated carbocycles. The van der Waals surface area contributed by atoms with E-state index >= 15 is 0 Å². The molecular formula is C21H28N2O6S. The van der Waals surface area contributed by atoms with Gasteiger partial charge >= 0.3 is 16.1 Å². The number of hydrogen-bond donors (Lipinski definition) is 1. The van der Waals surface area contributed by atoms with Crippen LogP contribution in [0.15, 0.2) is 42.5 Å². The zero-order valence-corrected chi connectivity index (χ0v) is 18.7. The van der Waals surface area contributed by atoms with Gasteiger partial charge in [0.05, 0.1) is 26.2 Å². The first kappa shape index (κ1) is 23.3. The van der Waals surface area contributed by atoms with Gasteiger partial charge in [-0.15, -0.1) is 0 Å². The molecule has 2 aromatic carbocycles. The van der Waals surface area contributed by atoms with Crippen molar-refractivity contribution in [2.45, 2.75) is 32.9 Å². The van der Waals surface area contributed by atoms with E-state index in [4.69, 9.17) is 13.7 Å². The Hall–Kier alpha value is -2.94. The molecule has 2 aromatic rings. The van der Waals surface area contributed by atoms with E-state index in [0.29, 0.717) is 17.2 Å². The molecule has 0 fully saturated rings. The van der Waals surface area contributed by atoms with Crippen molar-refractivity contribution in [1.29, 1.82) is 0 Å². The highest BCUT2D eigenvalue weighted by atomic mass is 32.2. The van der Waals surface area contributed by atoms with Crippen LogP contribution >= 0.6 is 0 Å². The van der Waals surface area contributed by atoms with Gasteiger partial charge in [0, 0.05) is 18.7 Å². The minimum atomic E-state index is -3.63. The Balaban J connectivity index is 2.24. The molecule has 30 heavy (non-hydrogen) atoms. The van der Waals surface area contributed by atoms with Gasteiger partial charge in [0.1, 0.15) is 17.2 Å². The van der Waals surface area contributed by atoms with Gasteiger partial charge in [-0.05, 0) is 43.2 Å². The highest BCUT2D eigenvalue weighted by Crippen LogP contribution is 2.29. The van der Waals surface area contributed by atoms with Crippen LogP contribution in [-0.4, -0.2) is 45.9 Å². The second-order valence-corrected chi connectivity index (χ2v) is 8.39. The molecule has 0 aromatic heterocycles. The number of nitrogens with one attached hydrogen (secondary N) is 1. The molecule has 9 heteroatoms. The third-order valence-corrected chi connectivity index (χ3v) is 5.03. The number of benzene rings is 2. The van der Waals surface area contributed by atoms with Crippen molar-refractivity contribution in [3.8, 4) is 17.2 Å². The Morgan fingerprint density at radius 3 is 2.43 bits per heavy atom. The summed E-state index contributed by atoms with van der Waals surface area (Å²) in [6, 6.07) is 11.4. The van der Waals surface area contributed by atoms with Crippen molar-refractivity contribution < 1.29 is 26.9 Å². The van der Waals surface area contributed by atoms with E-state index in [1.165, 1.54) is 7.11 Å². The van der Waals surface area contributed by atoms with E-state index in [1.54, 1.807) is 48.4 Å². The summed E-state index contributed by atoms with van der Waals surface area (Å²) in [5, 5.41) is 2.88. The molecule has 1 N–H and O–H groups in total. The van der Waals surface area contributed by atoms with Crippen molar-refractivity contribution in [3.63, 3.8) is 0 Å². The number of carbonyl (C=O) groups is 1. The van der Waals surface area contributed by atoms with Crippen LogP contribution in [0.4, 0.5) is 10.5 Å². The molecule has 1 atom stereocenters. The van der Waals surface area contributed by atoms with Crippen LogP contribution in [0.5, 0.6) is 17.2 Å². The van der Waals surface area contributed by atoms with E-state index in [0.717, 1.165) is 18.2 Å². The van der Waals surface area contributed by atoms with Gasteiger partial charge in [0.25, 0.3) is 0 Å². The second kappa shape index (κ2) is 10.2. The summed E-state index contributed by atoms with van der Waals surface area (Å²) in [5.74, 6) is 1.30. The summed E-state index contributed by atoms with van der Waals surface area (Å²) in [7, 11) is -0.558. The van der Waals surface area contributed by atoms with Gasteiger partial charge in [-0.2, -0.15) is 8.42 Å². The number of methoxy groups -OCH3 is 2. The maximum absolute atomic E-state index is 13.1. The van der Waals surface area contributed by atoms with Crippen LogP contribution in [-0.2, 0) is 16.7 Å². The van der Waals surface area contributed by atoms with E-state index in [2.05, 4.69) is 5.32 Å². The minimum absolute atomic E-state index is 0.0614. The number of amides is 2. The van der Waals surface area contributed by atoms with Crippen molar-refractivity contribution in [3.05, 3.63) is 48.0 Å². The average Bonchev–Trinajstić information content (AvgIpc) is 2.70. The summed E-state index contributed by atoms with van der Waals surface area (Å²) in [6.45, 7) is 4.21. The Kier molecular flexibility index (Phi) is 7.93. The molecule has 0 aliphatic carbocycles. The van der Waals surface area contributed by atoms with Crippen LogP contribution in [0, 0.1) is 0 Å². The molecule has 2 amide bonds. The SMILES string of the molecule is CCC(C)N(Cc1cccc(OS(C)(=O)=O)c1)C(=O)Nc1ccc(OC)cc1OC. The molecule has 0 radical (unpaired) electrons. The lowest BCUT2D eigenvalue weighted by atomic mass is 10.1. The zero-order chi connectivity index (χ0) is 22.3. The first-order chi connectivity index (χ1) is 14.2. The van der Waals surface area contributed by atoms with Gasteiger partial charge in [0.2, 0.25) is 0 Å². The first-order valence-electron chi connectivity index (χ1n) is 9.44. The minimum Gasteiger partial charge on any atom is -0.497 e. The maximum Gasteiger partial charge on any atom is 0.322 e. The summed E-state index contributed by atoms with van der Waals surface area (Å²) in [6.07, 6.45) is 1.73. The van der Waals surface area contributed by atoms with Crippen molar-refractivity contribution >= 4 is 21.8 Å². The quantitative estimate of drug-likeness (QED) is 0.600. The van der Waals surface area contributed by atoms with Gasteiger partial charge < -0.3 is 23.9 Å². The normalized spacial score (nSPS) is 12.0. The number of ether oxygens (including phenoxy) is 2. The maximum atomic E-state index is 13.1. The van der Waals surface area contributed by atoms with Crippen LogP contribution in [0.3, 0.4) is 0 Å². The van der Waals surface area contributed by atoms with Gasteiger partial charge in [-0.3, -0.25) is 0 Å². The number of rotatable bonds is 9. The largest absolute Gasteiger partial charge is 0.497 e. The Bertz CT molecular complexity index is 977. The van der Waals surface area contributed by atoms with Crippen molar-refractivity contribution in [2.24, 2.45) is 0 Å². The lowest BCUT2D eigenvalue weighted by Gasteiger charge is -2.29. The fourth-order valence-electron chi connectivity index (χ4n) is 2.80. The number of urea groups is 1. The monoisotopic (exact) mass is 436 g/mol. The average molecular weight is 437 g/mol. The summed E-state index contributed by atoms with van der Waals surface area (Å²) in [4.78, 5) is 14.7. The molecule has 0 aliphatic rings. The van der Waals surface area contributed by atoms with Crippen molar-refractivity contribution in [2.75, 3.05) is 25.8 Å². The fraction of sp³-hybridized carbons (Fsp3) is 0.381. The molecule has 0 spiro atoms. The first-order valence-corrected chi connectivity index (χ1v) is 11.3. The topological polar surface area (TPSA) is 94.2 Å². The highest BCUT2D eigenvalue weighted by Gasteiger charge is 2.21. The van der Waals surface area contributed by atoms with Crippen LogP contribution in [0.1, 0.15) is 25.8 Å². The Labute approximate surface area is 177 Å². The summed E-state index contributed by atoms with van der Waals surface area (Å²) >= 11 is 0. The number of anilines is 1. The standard InChI is InChI=1S/C21H28N2O6S/c1-6-15(2)23(14-16-8-7-9-18(12-16)29-30(5,25)26)21(24)22-19-11-10-17(27-3)13-20(19)28-4/h7-13,15H,6,14H2,1-5H3,(H,22,24). The van der Waals surface area contributed by atoms with Crippen LogP contribution in [0.2, 0.25) is 0 Å². The third kappa shape index (κ3) is 6.55. The van der Waals surface area contributed by atoms with Crippen LogP contribution in [0.25, 0.3) is 0 Å². The van der Waals surface area contributed by atoms with Gasteiger partial charge in [-0.1, -0.05) is 19.1 Å². The predicted molar refractivity (Wildman–Crippen MR) is 116 cm³/mol. The fourth-order valence-corrected chi connectivity index (χ4v) is 3.26. The van der Waals surface area contributed by atoms with Crippen molar-refractivity contribution in [1.82, 2.24) is 4.90 Å². The van der Waals surface area contributed by atoms with Gasteiger partial charge in [0.15, 0.2) is 0 Å². The van der Waals surface area contributed by atoms with E-state index < -0.39 is 10.1 Å². The number of hydrogen-bond acceptors (Lipinski definition) is 6.